The summed E-state index contributed by atoms with van der Waals surface area (Å²) in [5.74, 6) is 0. The third kappa shape index (κ3) is 3.75. The van der Waals surface area contributed by atoms with Crippen LogP contribution >= 0.6 is 0 Å². The molecule has 1 unspecified atom stereocenters. The SMILES string of the molecule is CCCC([O][Ti])C(C)(C)C. The van der Waals surface area contributed by atoms with E-state index < -0.39 is 0 Å². The van der Waals surface area contributed by atoms with Gasteiger partial charge in [-0.3, -0.25) is 0 Å². The van der Waals surface area contributed by atoms with E-state index in [-0.39, 0.29) is 0 Å². The average Bonchev–Trinajstić information content (AvgIpc) is 1.80. The number of hydrogen-bond donors (Lipinski definition) is 0. The van der Waals surface area contributed by atoms with Crippen molar-refractivity contribution in [2.24, 2.45) is 5.41 Å². The molecule has 0 aliphatic rings. The first kappa shape index (κ1) is 10.7. The van der Waals surface area contributed by atoms with Gasteiger partial charge in [-0.05, 0) is 0 Å². The summed E-state index contributed by atoms with van der Waals surface area (Å²) in [5.41, 5.74) is 0.296. The standard InChI is InChI=1S/C8H17O.Ti/c1-5-6-7(9)8(2,3)4;/h7H,5-6H2,1-4H3;/q-1;+1. The summed E-state index contributed by atoms with van der Waals surface area (Å²) in [7, 11) is 0. The first-order chi connectivity index (χ1) is 4.52. The summed E-state index contributed by atoms with van der Waals surface area (Å²) in [5, 5.41) is 0. The molecular formula is C8H17OTi. The van der Waals surface area contributed by atoms with Gasteiger partial charge in [-0.1, -0.05) is 0 Å². The quantitative estimate of drug-likeness (QED) is 0.602. The van der Waals surface area contributed by atoms with Crippen molar-refractivity contribution in [3.05, 3.63) is 0 Å². The molecule has 2 heteroatoms. The molecule has 0 spiro atoms. The van der Waals surface area contributed by atoms with Crippen LogP contribution in [0.25, 0.3) is 0 Å². The predicted octanol–water partition coefficient (Wildman–Crippen LogP) is 2.68. The predicted molar refractivity (Wildman–Crippen MR) is 39.2 cm³/mol. The van der Waals surface area contributed by atoms with Crippen LogP contribution in [-0.4, -0.2) is 6.10 Å². The Balaban J connectivity index is 3.81. The first-order valence-corrected chi connectivity index (χ1v) is 4.48. The molecule has 0 radical (unpaired) electrons. The van der Waals surface area contributed by atoms with Gasteiger partial charge in [0.05, 0.1) is 0 Å². The molecule has 1 nitrogen and oxygen atoms in total. The monoisotopic (exact) mass is 177 g/mol. The number of hydrogen-bond acceptors (Lipinski definition) is 1. The zero-order valence-corrected chi connectivity index (χ0v) is 8.96. The Morgan fingerprint density at radius 2 is 1.90 bits per heavy atom. The van der Waals surface area contributed by atoms with Gasteiger partial charge in [0.15, 0.2) is 0 Å². The van der Waals surface area contributed by atoms with E-state index in [1.165, 1.54) is 12.8 Å². The molecule has 0 aromatic carbocycles. The van der Waals surface area contributed by atoms with E-state index >= 15 is 0 Å². The van der Waals surface area contributed by atoms with Gasteiger partial charge in [-0.2, -0.15) is 0 Å². The maximum atomic E-state index is 5.36. The fraction of sp³-hybridized carbons (Fsp3) is 1.00. The van der Waals surface area contributed by atoms with Gasteiger partial charge >= 0.3 is 76.2 Å². The Labute approximate surface area is 76.4 Å². The van der Waals surface area contributed by atoms with Crippen LogP contribution in [0.5, 0.6) is 0 Å². The summed E-state index contributed by atoms with van der Waals surface area (Å²) in [4.78, 5) is 0. The van der Waals surface area contributed by atoms with Crippen molar-refractivity contribution in [1.82, 2.24) is 0 Å². The van der Waals surface area contributed by atoms with Crippen LogP contribution in [0, 0.1) is 5.41 Å². The zero-order chi connectivity index (χ0) is 8.20. The van der Waals surface area contributed by atoms with Crippen LogP contribution in [0.3, 0.4) is 0 Å². The van der Waals surface area contributed by atoms with E-state index in [0.29, 0.717) is 11.5 Å². The van der Waals surface area contributed by atoms with E-state index in [0.717, 1.165) is 0 Å². The zero-order valence-electron chi connectivity index (χ0n) is 7.40. The van der Waals surface area contributed by atoms with Gasteiger partial charge in [-0.15, -0.1) is 0 Å². The summed E-state index contributed by atoms with van der Waals surface area (Å²) in [6.45, 7) is 8.85. The first-order valence-electron chi connectivity index (χ1n) is 3.84. The summed E-state index contributed by atoms with van der Waals surface area (Å²) in [6, 6.07) is 0. The van der Waals surface area contributed by atoms with Gasteiger partial charge in [0.1, 0.15) is 0 Å². The third-order valence-electron chi connectivity index (χ3n) is 1.66. The van der Waals surface area contributed by atoms with E-state index in [1.54, 1.807) is 20.8 Å². The molecule has 0 bridgehead atoms. The summed E-state index contributed by atoms with van der Waals surface area (Å²) >= 11 is 1.80. The summed E-state index contributed by atoms with van der Waals surface area (Å²) < 4.78 is 5.36. The minimum atomic E-state index is 0.296. The molecule has 59 valence electrons. The van der Waals surface area contributed by atoms with Crippen LogP contribution in [0.1, 0.15) is 40.5 Å². The second kappa shape index (κ2) is 4.53. The molecule has 0 fully saturated rings. The van der Waals surface area contributed by atoms with Crippen LogP contribution in [0.4, 0.5) is 0 Å². The third-order valence-corrected chi connectivity index (χ3v) is 2.10. The molecule has 10 heavy (non-hydrogen) atoms. The molecule has 0 saturated heterocycles. The Kier molecular flexibility index (Phi) is 4.84. The fourth-order valence-electron chi connectivity index (χ4n) is 0.931. The van der Waals surface area contributed by atoms with Gasteiger partial charge in [-0.25, -0.2) is 0 Å². The van der Waals surface area contributed by atoms with Gasteiger partial charge in [0.25, 0.3) is 0 Å². The van der Waals surface area contributed by atoms with E-state index in [1.807, 2.05) is 0 Å². The molecule has 1 atom stereocenters. The van der Waals surface area contributed by atoms with E-state index in [2.05, 4.69) is 27.7 Å². The second-order valence-corrected chi connectivity index (χ2v) is 4.13. The number of rotatable bonds is 3. The molecule has 0 aromatic rings. The van der Waals surface area contributed by atoms with Crippen molar-refractivity contribution in [3.63, 3.8) is 0 Å². The molecule has 0 N–H and O–H groups in total. The topological polar surface area (TPSA) is 9.23 Å². The minimum absolute atomic E-state index is 0.296. The van der Waals surface area contributed by atoms with E-state index in [4.69, 9.17) is 3.32 Å². The molecule has 0 heterocycles. The Morgan fingerprint density at radius 3 is 2.00 bits per heavy atom. The Morgan fingerprint density at radius 1 is 1.40 bits per heavy atom. The van der Waals surface area contributed by atoms with Gasteiger partial charge < -0.3 is 0 Å². The molecule has 0 aromatic heterocycles. The fourth-order valence-corrected chi connectivity index (χ4v) is 1.67. The normalized spacial score (nSPS) is 15.1. The van der Waals surface area contributed by atoms with Crippen LogP contribution in [-0.2, 0) is 24.1 Å². The molecule has 0 saturated carbocycles. The molecule has 0 amide bonds. The molecule has 0 aliphatic carbocycles. The van der Waals surface area contributed by atoms with Crippen LogP contribution < -0.4 is 0 Å². The molecule has 0 aliphatic heterocycles. The van der Waals surface area contributed by atoms with Crippen molar-refractivity contribution in [2.75, 3.05) is 0 Å². The van der Waals surface area contributed by atoms with Gasteiger partial charge in [0, 0.05) is 0 Å². The Hall–Kier alpha value is 0.674. The van der Waals surface area contributed by atoms with Crippen LogP contribution in [0.15, 0.2) is 0 Å². The van der Waals surface area contributed by atoms with Crippen molar-refractivity contribution < 1.29 is 24.1 Å². The maximum absolute atomic E-state index is 5.36. The molecule has 0 rings (SSSR count). The van der Waals surface area contributed by atoms with Crippen LogP contribution in [0.2, 0.25) is 0 Å². The van der Waals surface area contributed by atoms with Crippen molar-refractivity contribution in [1.29, 1.82) is 0 Å². The van der Waals surface area contributed by atoms with Crippen molar-refractivity contribution >= 4 is 0 Å². The average molecular weight is 177 g/mol. The Bertz CT molecular complexity index is 85.7. The summed E-state index contributed by atoms with van der Waals surface area (Å²) in [6.07, 6.45) is 2.79. The van der Waals surface area contributed by atoms with E-state index in [9.17, 15) is 0 Å². The van der Waals surface area contributed by atoms with Crippen molar-refractivity contribution in [2.45, 2.75) is 46.6 Å². The second-order valence-electron chi connectivity index (χ2n) is 3.76. The van der Waals surface area contributed by atoms with Crippen molar-refractivity contribution in [3.8, 4) is 0 Å². The van der Waals surface area contributed by atoms with Gasteiger partial charge in [0.2, 0.25) is 0 Å². The molecular weight excluding hydrogens is 160 g/mol.